The monoisotopic (exact) mass is 371 g/mol. The van der Waals surface area contributed by atoms with Gasteiger partial charge in [0.2, 0.25) is 6.79 Å². The molecule has 2 heterocycles. The maximum atomic E-state index is 12.0. The molecule has 0 spiro atoms. The van der Waals surface area contributed by atoms with Crippen LogP contribution in [0.3, 0.4) is 0 Å². The molecule has 23 heavy (non-hydrogen) atoms. The van der Waals surface area contributed by atoms with Crippen molar-refractivity contribution in [3.05, 3.63) is 46.3 Å². The lowest BCUT2D eigenvalue weighted by atomic mass is 10.2. The van der Waals surface area contributed by atoms with Crippen molar-refractivity contribution < 1.29 is 22.7 Å². The maximum Gasteiger partial charge on any atom is 0.273 e. The summed E-state index contributed by atoms with van der Waals surface area (Å²) in [7, 11) is -3.91. The minimum absolute atomic E-state index is 0.0210. The number of sulfonamides is 1. The van der Waals surface area contributed by atoms with Gasteiger partial charge in [-0.2, -0.15) is 0 Å². The van der Waals surface area contributed by atoms with Crippen LogP contribution in [0.15, 0.2) is 40.6 Å². The third kappa shape index (κ3) is 3.66. The zero-order valence-electron chi connectivity index (χ0n) is 11.5. The second kappa shape index (κ2) is 6.23. The van der Waals surface area contributed by atoms with Gasteiger partial charge in [-0.1, -0.05) is 17.7 Å². The first-order valence-corrected chi connectivity index (χ1v) is 9.02. The van der Waals surface area contributed by atoms with Crippen LogP contribution < -0.4 is 14.2 Å². The van der Waals surface area contributed by atoms with Crippen molar-refractivity contribution in [2.45, 2.75) is 4.21 Å². The molecule has 0 unspecified atom stereocenters. The molecule has 3 rings (SSSR count). The Morgan fingerprint density at radius 1 is 1.22 bits per heavy atom. The molecule has 1 aromatic heterocycles. The van der Waals surface area contributed by atoms with E-state index in [9.17, 15) is 13.2 Å². The maximum absolute atomic E-state index is 12.0. The van der Waals surface area contributed by atoms with E-state index in [4.69, 9.17) is 21.1 Å². The Bertz CT molecular complexity index is 888. The number of benzene rings is 1. The van der Waals surface area contributed by atoms with E-state index < -0.39 is 15.9 Å². The van der Waals surface area contributed by atoms with Crippen LogP contribution in [0.2, 0.25) is 4.34 Å². The largest absolute Gasteiger partial charge is 0.454 e. The van der Waals surface area contributed by atoms with Crippen molar-refractivity contribution in [1.29, 1.82) is 0 Å². The first-order valence-electron chi connectivity index (χ1n) is 6.34. The Hall–Kier alpha value is -2.03. The van der Waals surface area contributed by atoms with Crippen molar-refractivity contribution in [3.8, 4) is 11.5 Å². The molecule has 0 radical (unpaired) electrons. The topological polar surface area (TPSA) is 81.7 Å². The first kappa shape index (κ1) is 15.9. The number of rotatable bonds is 4. The Morgan fingerprint density at radius 2 is 2.00 bits per heavy atom. The van der Waals surface area contributed by atoms with Crippen LogP contribution >= 0.6 is 22.9 Å². The number of thiophene rings is 1. The van der Waals surface area contributed by atoms with Crippen LogP contribution in [0.4, 0.5) is 0 Å². The second-order valence-corrected chi connectivity index (χ2v) is 8.10. The molecule has 6 nitrogen and oxygen atoms in total. The number of amides is 1. The number of hydrogen-bond acceptors (Lipinski definition) is 6. The highest BCUT2D eigenvalue weighted by atomic mass is 35.5. The van der Waals surface area contributed by atoms with E-state index in [0.717, 1.165) is 17.4 Å². The van der Waals surface area contributed by atoms with Gasteiger partial charge in [0, 0.05) is 6.08 Å². The SMILES string of the molecule is O=C(C=Cc1ccc2c(c1)OCO2)NS(=O)(=O)c1ccc(Cl)s1. The molecule has 2 aromatic rings. The molecule has 0 saturated heterocycles. The highest BCUT2D eigenvalue weighted by Gasteiger charge is 2.18. The minimum atomic E-state index is -3.91. The van der Waals surface area contributed by atoms with E-state index in [1.807, 2.05) is 4.72 Å². The van der Waals surface area contributed by atoms with Crippen molar-refractivity contribution in [2.75, 3.05) is 6.79 Å². The van der Waals surface area contributed by atoms with Crippen molar-refractivity contribution in [3.63, 3.8) is 0 Å². The van der Waals surface area contributed by atoms with Crippen molar-refractivity contribution in [2.24, 2.45) is 0 Å². The quantitative estimate of drug-likeness (QED) is 0.835. The van der Waals surface area contributed by atoms with E-state index in [-0.39, 0.29) is 11.0 Å². The van der Waals surface area contributed by atoms with Gasteiger partial charge in [0.05, 0.1) is 4.34 Å². The lowest BCUT2D eigenvalue weighted by Gasteiger charge is -2.01. The summed E-state index contributed by atoms with van der Waals surface area (Å²) < 4.78 is 36.6. The molecule has 0 bridgehead atoms. The van der Waals surface area contributed by atoms with Crippen molar-refractivity contribution in [1.82, 2.24) is 4.72 Å². The Balaban J connectivity index is 1.69. The molecule has 1 aliphatic heterocycles. The fourth-order valence-electron chi connectivity index (χ4n) is 1.85. The number of ether oxygens (including phenoxy) is 2. The molecular formula is C14H10ClNO5S2. The predicted molar refractivity (Wildman–Crippen MR) is 86.3 cm³/mol. The van der Waals surface area contributed by atoms with E-state index in [0.29, 0.717) is 21.4 Å². The Kier molecular flexibility index (Phi) is 4.29. The molecule has 9 heteroatoms. The predicted octanol–water partition coefficient (Wildman–Crippen LogP) is 2.65. The van der Waals surface area contributed by atoms with Gasteiger partial charge < -0.3 is 9.47 Å². The van der Waals surface area contributed by atoms with Gasteiger partial charge in [0.15, 0.2) is 11.5 Å². The molecule has 0 aliphatic carbocycles. The standard InChI is InChI=1S/C14H10ClNO5S2/c15-12-4-6-14(22-12)23(18,19)16-13(17)5-2-9-1-3-10-11(7-9)21-8-20-10/h1-7H,8H2,(H,16,17). The Morgan fingerprint density at radius 3 is 2.74 bits per heavy atom. The summed E-state index contributed by atoms with van der Waals surface area (Å²) in [5.74, 6) is 0.448. The lowest BCUT2D eigenvalue weighted by molar-refractivity contribution is -0.114. The fourth-order valence-corrected chi connectivity index (χ4v) is 4.28. The fraction of sp³-hybridized carbons (Fsp3) is 0.0714. The van der Waals surface area contributed by atoms with Gasteiger partial charge in [-0.15, -0.1) is 11.3 Å². The average Bonchev–Trinajstić information content (AvgIpc) is 3.13. The summed E-state index contributed by atoms with van der Waals surface area (Å²) in [5.41, 5.74) is 0.681. The summed E-state index contributed by atoms with van der Waals surface area (Å²) in [6, 6.07) is 7.92. The van der Waals surface area contributed by atoms with Gasteiger partial charge in [0.25, 0.3) is 15.9 Å². The molecule has 1 N–H and O–H groups in total. The lowest BCUT2D eigenvalue weighted by Crippen LogP contribution is -2.28. The normalized spacial score (nSPS) is 13.4. The van der Waals surface area contributed by atoms with Crippen LogP contribution in [-0.4, -0.2) is 21.1 Å². The molecule has 0 fully saturated rings. The minimum Gasteiger partial charge on any atom is -0.454 e. The number of halogens is 1. The second-order valence-electron chi connectivity index (χ2n) is 4.47. The van der Waals surface area contributed by atoms with E-state index in [2.05, 4.69) is 0 Å². The summed E-state index contributed by atoms with van der Waals surface area (Å²) in [6.45, 7) is 0.157. The van der Waals surface area contributed by atoms with Crippen LogP contribution in [0.5, 0.6) is 11.5 Å². The van der Waals surface area contributed by atoms with Gasteiger partial charge in [-0.25, -0.2) is 13.1 Å². The van der Waals surface area contributed by atoms with Crippen LogP contribution in [-0.2, 0) is 14.8 Å². The summed E-state index contributed by atoms with van der Waals surface area (Å²) >= 11 is 6.57. The third-order valence-corrected chi connectivity index (χ3v) is 5.94. The van der Waals surface area contributed by atoms with E-state index in [1.165, 1.54) is 18.2 Å². The molecule has 1 amide bonds. The van der Waals surface area contributed by atoms with Gasteiger partial charge in [-0.3, -0.25) is 4.79 Å². The van der Waals surface area contributed by atoms with E-state index >= 15 is 0 Å². The van der Waals surface area contributed by atoms with Crippen LogP contribution in [0, 0.1) is 0 Å². The zero-order valence-corrected chi connectivity index (χ0v) is 13.9. The van der Waals surface area contributed by atoms with Crippen LogP contribution in [0.25, 0.3) is 6.08 Å². The van der Waals surface area contributed by atoms with Crippen LogP contribution in [0.1, 0.15) is 5.56 Å². The number of hydrogen-bond donors (Lipinski definition) is 1. The molecule has 120 valence electrons. The number of carbonyl (C=O) groups is 1. The number of fused-ring (bicyclic) bond motifs is 1. The van der Waals surface area contributed by atoms with Crippen molar-refractivity contribution >= 4 is 44.9 Å². The summed E-state index contributed by atoms with van der Waals surface area (Å²) in [4.78, 5) is 11.8. The third-order valence-electron chi connectivity index (χ3n) is 2.87. The smallest absolute Gasteiger partial charge is 0.273 e. The number of carbonyl (C=O) groups excluding carboxylic acids is 1. The molecule has 1 aliphatic rings. The molecular weight excluding hydrogens is 362 g/mol. The summed E-state index contributed by atoms with van der Waals surface area (Å²) in [5, 5.41) is 0. The van der Waals surface area contributed by atoms with E-state index in [1.54, 1.807) is 18.2 Å². The van der Waals surface area contributed by atoms with Gasteiger partial charge in [0.1, 0.15) is 4.21 Å². The first-order chi connectivity index (χ1) is 10.9. The zero-order chi connectivity index (χ0) is 16.4. The molecule has 0 saturated carbocycles. The summed E-state index contributed by atoms with van der Waals surface area (Å²) in [6.07, 6.45) is 2.61. The Labute approximate surface area is 141 Å². The highest BCUT2D eigenvalue weighted by molar-refractivity contribution is 7.92. The molecule has 0 atom stereocenters. The molecule has 1 aromatic carbocycles. The van der Waals surface area contributed by atoms with Gasteiger partial charge in [-0.05, 0) is 35.9 Å². The number of nitrogens with one attached hydrogen (secondary N) is 1. The highest BCUT2D eigenvalue weighted by Crippen LogP contribution is 2.32. The van der Waals surface area contributed by atoms with Gasteiger partial charge >= 0.3 is 0 Å². The average molecular weight is 372 g/mol.